The molecule has 1 fully saturated rings. The molecule has 1 aromatic heterocycles. The first kappa shape index (κ1) is 17.5. The number of aryl methyl sites for hydroxylation is 1. The maximum Gasteiger partial charge on any atom is 0.229 e. The molecule has 0 radical (unpaired) electrons. The fraction of sp³-hybridized carbons (Fsp3) is 0.304. The van der Waals surface area contributed by atoms with Crippen LogP contribution in [-0.4, -0.2) is 23.1 Å². The standard InChI is InChI=1S/C23H26N4/c1-18-6-5-9-21(16-18)25-23-24-13-10-22(26-23)27-14-11-20(12-15-27)17-19-7-3-2-4-8-19/h2-10,13,16,20H,11-12,14-15,17H2,1H3,(H,24,25,26). The van der Waals surface area contributed by atoms with E-state index in [1.54, 1.807) is 0 Å². The SMILES string of the molecule is Cc1cccc(Nc2nccc(N3CCC(Cc4ccccc4)CC3)n2)c1. The molecule has 4 heteroatoms. The summed E-state index contributed by atoms with van der Waals surface area (Å²) in [6, 6.07) is 21.1. The van der Waals surface area contributed by atoms with Gasteiger partial charge >= 0.3 is 0 Å². The lowest BCUT2D eigenvalue weighted by molar-refractivity contribution is 0.402. The Kier molecular flexibility index (Phi) is 5.33. The second-order valence-corrected chi connectivity index (χ2v) is 7.35. The highest BCUT2D eigenvalue weighted by atomic mass is 15.2. The van der Waals surface area contributed by atoms with Crippen LogP contribution in [0, 0.1) is 12.8 Å². The number of nitrogens with one attached hydrogen (secondary N) is 1. The topological polar surface area (TPSA) is 41.1 Å². The van der Waals surface area contributed by atoms with E-state index < -0.39 is 0 Å². The molecule has 138 valence electrons. The Hall–Kier alpha value is -2.88. The third kappa shape index (κ3) is 4.64. The van der Waals surface area contributed by atoms with Crippen LogP contribution >= 0.6 is 0 Å². The number of anilines is 3. The molecule has 2 heterocycles. The van der Waals surface area contributed by atoms with Gasteiger partial charge in [-0.15, -0.1) is 0 Å². The molecule has 1 aliphatic heterocycles. The second-order valence-electron chi connectivity index (χ2n) is 7.35. The van der Waals surface area contributed by atoms with Crippen LogP contribution in [0.5, 0.6) is 0 Å². The van der Waals surface area contributed by atoms with Gasteiger partial charge in [0.1, 0.15) is 5.82 Å². The molecule has 0 spiro atoms. The van der Waals surface area contributed by atoms with E-state index in [0.29, 0.717) is 5.95 Å². The molecular weight excluding hydrogens is 332 g/mol. The molecule has 1 saturated heterocycles. The van der Waals surface area contributed by atoms with Gasteiger partial charge in [-0.05, 0) is 61.4 Å². The zero-order valence-electron chi connectivity index (χ0n) is 15.8. The second kappa shape index (κ2) is 8.21. The lowest BCUT2D eigenvalue weighted by atomic mass is 9.90. The van der Waals surface area contributed by atoms with E-state index in [0.717, 1.165) is 30.5 Å². The average Bonchev–Trinajstić information content (AvgIpc) is 2.70. The number of aromatic nitrogens is 2. The average molecular weight is 358 g/mol. The van der Waals surface area contributed by atoms with Gasteiger partial charge in [-0.1, -0.05) is 42.5 Å². The largest absolute Gasteiger partial charge is 0.356 e. The summed E-state index contributed by atoms with van der Waals surface area (Å²) in [5.74, 6) is 2.43. The van der Waals surface area contributed by atoms with Gasteiger partial charge in [-0.3, -0.25) is 0 Å². The highest BCUT2D eigenvalue weighted by molar-refractivity contribution is 5.56. The minimum Gasteiger partial charge on any atom is -0.356 e. The summed E-state index contributed by atoms with van der Waals surface area (Å²) < 4.78 is 0. The van der Waals surface area contributed by atoms with Gasteiger partial charge in [0.05, 0.1) is 0 Å². The quantitative estimate of drug-likeness (QED) is 0.698. The summed E-state index contributed by atoms with van der Waals surface area (Å²) in [4.78, 5) is 11.5. The van der Waals surface area contributed by atoms with Crippen LogP contribution < -0.4 is 10.2 Å². The van der Waals surface area contributed by atoms with E-state index >= 15 is 0 Å². The number of hydrogen-bond donors (Lipinski definition) is 1. The molecule has 0 unspecified atom stereocenters. The van der Waals surface area contributed by atoms with Crippen molar-refractivity contribution in [3.63, 3.8) is 0 Å². The molecule has 4 nitrogen and oxygen atoms in total. The molecule has 4 rings (SSSR count). The molecule has 0 bridgehead atoms. The predicted molar refractivity (Wildman–Crippen MR) is 112 cm³/mol. The molecule has 0 saturated carbocycles. The van der Waals surface area contributed by atoms with E-state index in [9.17, 15) is 0 Å². The molecule has 1 N–H and O–H groups in total. The lowest BCUT2D eigenvalue weighted by Crippen LogP contribution is -2.35. The maximum atomic E-state index is 4.73. The van der Waals surface area contributed by atoms with Crippen LogP contribution in [0.4, 0.5) is 17.5 Å². The van der Waals surface area contributed by atoms with Gasteiger partial charge in [-0.25, -0.2) is 4.98 Å². The zero-order valence-corrected chi connectivity index (χ0v) is 15.8. The Balaban J connectivity index is 1.37. The summed E-state index contributed by atoms with van der Waals surface area (Å²) in [5, 5.41) is 3.32. The number of nitrogens with zero attached hydrogens (tertiary/aromatic N) is 3. The van der Waals surface area contributed by atoms with E-state index in [4.69, 9.17) is 4.98 Å². The predicted octanol–water partition coefficient (Wildman–Crippen LogP) is 4.99. The van der Waals surface area contributed by atoms with Crippen molar-refractivity contribution in [2.75, 3.05) is 23.3 Å². The first-order chi connectivity index (χ1) is 13.3. The van der Waals surface area contributed by atoms with Gasteiger partial charge < -0.3 is 10.2 Å². The summed E-state index contributed by atoms with van der Waals surface area (Å²) >= 11 is 0. The minimum atomic E-state index is 0.657. The van der Waals surface area contributed by atoms with Crippen molar-refractivity contribution in [2.24, 2.45) is 5.92 Å². The molecular formula is C23H26N4. The van der Waals surface area contributed by atoms with Crippen LogP contribution in [0.3, 0.4) is 0 Å². The van der Waals surface area contributed by atoms with E-state index in [-0.39, 0.29) is 0 Å². The minimum absolute atomic E-state index is 0.657. The van der Waals surface area contributed by atoms with Gasteiger partial charge in [0, 0.05) is 25.0 Å². The van der Waals surface area contributed by atoms with Crippen molar-refractivity contribution in [1.82, 2.24) is 9.97 Å². The van der Waals surface area contributed by atoms with Crippen molar-refractivity contribution in [3.05, 3.63) is 78.0 Å². The summed E-state index contributed by atoms with van der Waals surface area (Å²) in [6.45, 7) is 4.19. The Morgan fingerprint density at radius 2 is 1.81 bits per heavy atom. The summed E-state index contributed by atoms with van der Waals surface area (Å²) in [5.41, 5.74) is 3.69. The van der Waals surface area contributed by atoms with Gasteiger partial charge in [0.15, 0.2) is 0 Å². The van der Waals surface area contributed by atoms with Crippen molar-refractivity contribution < 1.29 is 0 Å². The normalized spacial score (nSPS) is 14.9. The van der Waals surface area contributed by atoms with E-state index in [2.05, 4.69) is 64.6 Å². The number of hydrogen-bond acceptors (Lipinski definition) is 4. The van der Waals surface area contributed by atoms with Crippen molar-refractivity contribution >= 4 is 17.5 Å². The zero-order chi connectivity index (χ0) is 18.5. The van der Waals surface area contributed by atoms with Crippen molar-refractivity contribution in [3.8, 4) is 0 Å². The fourth-order valence-corrected chi connectivity index (χ4v) is 3.75. The molecule has 2 aromatic carbocycles. The Labute approximate surface area is 161 Å². The lowest BCUT2D eigenvalue weighted by Gasteiger charge is -2.33. The number of piperidine rings is 1. The number of rotatable bonds is 5. The molecule has 3 aromatic rings. The maximum absolute atomic E-state index is 4.73. The third-order valence-corrected chi connectivity index (χ3v) is 5.22. The summed E-state index contributed by atoms with van der Waals surface area (Å²) in [6.07, 6.45) is 5.44. The van der Waals surface area contributed by atoms with Crippen molar-refractivity contribution in [2.45, 2.75) is 26.2 Å². The van der Waals surface area contributed by atoms with Gasteiger partial charge in [0.25, 0.3) is 0 Å². The van der Waals surface area contributed by atoms with Crippen LogP contribution in [0.15, 0.2) is 66.9 Å². The monoisotopic (exact) mass is 358 g/mol. The summed E-state index contributed by atoms with van der Waals surface area (Å²) in [7, 11) is 0. The van der Waals surface area contributed by atoms with E-state index in [1.165, 1.54) is 30.4 Å². The van der Waals surface area contributed by atoms with E-state index in [1.807, 2.05) is 24.4 Å². The van der Waals surface area contributed by atoms with Crippen molar-refractivity contribution in [1.29, 1.82) is 0 Å². The van der Waals surface area contributed by atoms with Crippen LogP contribution in [0.1, 0.15) is 24.0 Å². The molecule has 1 aliphatic rings. The highest BCUT2D eigenvalue weighted by Crippen LogP contribution is 2.25. The first-order valence-electron chi connectivity index (χ1n) is 9.72. The highest BCUT2D eigenvalue weighted by Gasteiger charge is 2.20. The van der Waals surface area contributed by atoms with Gasteiger partial charge in [-0.2, -0.15) is 4.98 Å². The van der Waals surface area contributed by atoms with Crippen LogP contribution in [0.2, 0.25) is 0 Å². The molecule has 0 amide bonds. The van der Waals surface area contributed by atoms with Gasteiger partial charge in [0.2, 0.25) is 5.95 Å². The Morgan fingerprint density at radius 3 is 2.59 bits per heavy atom. The molecule has 0 aliphatic carbocycles. The number of benzene rings is 2. The van der Waals surface area contributed by atoms with Crippen LogP contribution in [-0.2, 0) is 6.42 Å². The van der Waals surface area contributed by atoms with Crippen LogP contribution in [0.25, 0.3) is 0 Å². The fourth-order valence-electron chi connectivity index (χ4n) is 3.75. The molecule has 27 heavy (non-hydrogen) atoms. The Morgan fingerprint density at radius 1 is 1.00 bits per heavy atom. The molecule has 0 atom stereocenters. The smallest absolute Gasteiger partial charge is 0.229 e. The first-order valence-corrected chi connectivity index (χ1v) is 9.72. The third-order valence-electron chi connectivity index (χ3n) is 5.22. The Bertz CT molecular complexity index is 870.